The van der Waals surface area contributed by atoms with Gasteiger partial charge in [-0.3, -0.25) is 0 Å². The summed E-state index contributed by atoms with van der Waals surface area (Å²) in [5.41, 5.74) is 2.88. The van der Waals surface area contributed by atoms with Crippen LogP contribution in [-0.4, -0.2) is 0 Å². The maximum absolute atomic E-state index is 2.30. The van der Waals surface area contributed by atoms with Gasteiger partial charge in [-0.15, -0.1) is 0 Å². The van der Waals surface area contributed by atoms with Crippen LogP contribution in [0.5, 0.6) is 0 Å². The first-order chi connectivity index (χ1) is 6.92. The van der Waals surface area contributed by atoms with Crippen LogP contribution in [-0.2, 0) is 0 Å². The second-order valence-electron chi connectivity index (χ2n) is 3.94. The Labute approximate surface area is 81.8 Å². The number of rotatable bonds is 0. The van der Waals surface area contributed by atoms with E-state index in [9.17, 15) is 0 Å². The Morgan fingerprint density at radius 1 is 0.643 bits per heavy atom. The first kappa shape index (κ1) is 6.61. The van der Waals surface area contributed by atoms with E-state index in [1.807, 2.05) is 0 Å². The molecule has 4 rings (SSSR count). The molecule has 0 amide bonds. The molecule has 0 heteroatoms. The summed E-state index contributed by atoms with van der Waals surface area (Å²) in [6, 6.07) is 17.6. The van der Waals surface area contributed by atoms with Gasteiger partial charge < -0.3 is 0 Å². The topological polar surface area (TPSA) is 0 Å². The molecular formula is C14H8. The maximum Gasteiger partial charge on any atom is -0.00986 e. The molecule has 0 aliphatic heterocycles. The van der Waals surface area contributed by atoms with Crippen molar-refractivity contribution >= 4 is 21.5 Å². The molecule has 0 aromatic heterocycles. The van der Waals surface area contributed by atoms with Gasteiger partial charge in [0, 0.05) is 0 Å². The zero-order chi connectivity index (χ0) is 9.12. The van der Waals surface area contributed by atoms with Crippen LogP contribution in [0.3, 0.4) is 0 Å². The first-order valence-corrected chi connectivity index (χ1v) is 4.89. The van der Waals surface area contributed by atoms with Crippen molar-refractivity contribution in [3.63, 3.8) is 0 Å². The number of hydrogen-bond acceptors (Lipinski definition) is 0. The highest BCUT2D eigenvalue weighted by atomic mass is 14.2. The van der Waals surface area contributed by atoms with Crippen LogP contribution in [0.15, 0.2) is 48.5 Å². The summed E-state index contributed by atoms with van der Waals surface area (Å²) in [5.74, 6) is 0. The van der Waals surface area contributed by atoms with Crippen molar-refractivity contribution in [1.29, 1.82) is 0 Å². The van der Waals surface area contributed by atoms with Crippen LogP contribution < -0.4 is 0 Å². The van der Waals surface area contributed by atoms with Crippen LogP contribution in [0.25, 0.3) is 32.7 Å². The predicted molar refractivity (Wildman–Crippen MR) is 60.4 cm³/mol. The Kier molecular flexibility index (Phi) is 0.935. The van der Waals surface area contributed by atoms with Crippen molar-refractivity contribution in [2.45, 2.75) is 0 Å². The minimum Gasteiger partial charge on any atom is -0.0616 e. The van der Waals surface area contributed by atoms with Crippen molar-refractivity contribution in [2.75, 3.05) is 0 Å². The molecule has 2 aromatic carbocycles. The molecule has 2 aliphatic carbocycles. The molecule has 2 aromatic rings. The smallest absolute Gasteiger partial charge is 0.00986 e. The van der Waals surface area contributed by atoms with Gasteiger partial charge in [0.05, 0.1) is 0 Å². The quantitative estimate of drug-likeness (QED) is 0.355. The molecule has 0 spiro atoms. The van der Waals surface area contributed by atoms with E-state index in [0.717, 1.165) is 0 Å². The fourth-order valence-corrected chi connectivity index (χ4v) is 2.25. The van der Waals surface area contributed by atoms with Gasteiger partial charge in [-0.05, 0) is 56.9 Å². The molecular weight excluding hydrogens is 168 g/mol. The van der Waals surface area contributed by atoms with Gasteiger partial charge in [0.15, 0.2) is 0 Å². The zero-order valence-electron chi connectivity index (χ0n) is 7.62. The Hall–Kier alpha value is -1.82. The summed E-state index contributed by atoms with van der Waals surface area (Å²) in [6.07, 6.45) is 0. The third-order valence-electron chi connectivity index (χ3n) is 3.05. The van der Waals surface area contributed by atoms with Gasteiger partial charge in [0.2, 0.25) is 0 Å². The van der Waals surface area contributed by atoms with Crippen LogP contribution >= 0.6 is 0 Å². The molecule has 0 saturated carbocycles. The number of hydrogen-bond donors (Lipinski definition) is 0. The van der Waals surface area contributed by atoms with Crippen LogP contribution in [0.2, 0.25) is 0 Å². The summed E-state index contributed by atoms with van der Waals surface area (Å²) in [6.45, 7) is 0. The van der Waals surface area contributed by atoms with Crippen molar-refractivity contribution in [1.82, 2.24) is 0 Å². The van der Waals surface area contributed by atoms with Gasteiger partial charge in [-0.1, -0.05) is 24.3 Å². The lowest BCUT2D eigenvalue weighted by Crippen LogP contribution is -1.71. The highest BCUT2D eigenvalue weighted by Gasteiger charge is 2.17. The van der Waals surface area contributed by atoms with E-state index in [2.05, 4.69) is 48.5 Å². The van der Waals surface area contributed by atoms with E-state index in [1.54, 1.807) is 0 Å². The van der Waals surface area contributed by atoms with E-state index in [4.69, 9.17) is 0 Å². The molecule has 0 radical (unpaired) electrons. The standard InChI is InChI=1S/C14H8/c1-2-4-10-7-13-11(5-9(10)3-1)6-12-8-14(12)13/h1-8H. The number of benzene rings is 3. The van der Waals surface area contributed by atoms with Gasteiger partial charge in [-0.2, -0.15) is 0 Å². The van der Waals surface area contributed by atoms with E-state index < -0.39 is 0 Å². The third-order valence-corrected chi connectivity index (χ3v) is 3.05. The summed E-state index contributed by atoms with van der Waals surface area (Å²) in [4.78, 5) is 0. The lowest BCUT2D eigenvalue weighted by atomic mass is 10.1. The van der Waals surface area contributed by atoms with Gasteiger partial charge in [-0.25, -0.2) is 0 Å². The highest BCUT2D eigenvalue weighted by Crippen LogP contribution is 2.44. The molecule has 2 aliphatic rings. The minimum absolute atomic E-state index is 1.34. The molecule has 0 heterocycles. The first-order valence-electron chi connectivity index (χ1n) is 4.89. The number of fused-ring (bicyclic) bond motifs is 4. The van der Waals surface area contributed by atoms with E-state index in [1.165, 1.54) is 32.7 Å². The molecule has 0 saturated heterocycles. The molecule has 0 nitrogen and oxygen atoms in total. The molecule has 0 unspecified atom stereocenters. The molecule has 64 valence electrons. The molecule has 0 N–H and O–H groups in total. The van der Waals surface area contributed by atoms with Gasteiger partial charge >= 0.3 is 0 Å². The maximum atomic E-state index is 2.30. The highest BCUT2D eigenvalue weighted by molar-refractivity contribution is 6.13. The molecule has 14 heavy (non-hydrogen) atoms. The van der Waals surface area contributed by atoms with E-state index in [-0.39, 0.29) is 0 Å². The van der Waals surface area contributed by atoms with Gasteiger partial charge in [0.25, 0.3) is 0 Å². The normalized spacial score (nSPS) is 12.3. The average molecular weight is 176 g/mol. The van der Waals surface area contributed by atoms with E-state index in [0.29, 0.717) is 0 Å². The predicted octanol–water partition coefficient (Wildman–Crippen LogP) is 3.97. The average Bonchev–Trinajstić information content (AvgIpc) is 2.90. The van der Waals surface area contributed by atoms with Crippen molar-refractivity contribution in [2.24, 2.45) is 0 Å². The van der Waals surface area contributed by atoms with Crippen LogP contribution in [0.4, 0.5) is 0 Å². The Morgan fingerprint density at radius 2 is 1.43 bits per heavy atom. The third kappa shape index (κ3) is 0.693. The van der Waals surface area contributed by atoms with Crippen molar-refractivity contribution in [3.05, 3.63) is 48.5 Å². The molecule has 0 atom stereocenters. The lowest BCUT2D eigenvalue weighted by molar-refractivity contribution is 1.81. The summed E-state index contributed by atoms with van der Waals surface area (Å²) in [7, 11) is 0. The zero-order valence-corrected chi connectivity index (χ0v) is 7.62. The van der Waals surface area contributed by atoms with Gasteiger partial charge in [0.1, 0.15) is 0 Å². The summed E-state index contributed by atoms with van der Waals surface area (Å²) in [5, 5.41) is 5.48. The van der Waals surface area contributed by atoms with Crippen LogP contribution in [0.1, 0.15) is 0 Å². The largest absolute Gasteiger partial charge is 0.0616 e. The Morgan fingerprint density at radius 3 is 2.29 bits per heavy atom. The molecule has 0 bridgehead atoms. The fourth-order valence-electron chi connectivity index (χ4n) is 2.25. The van der Waals surface area contributed by atoms with Crippen molar-refractivity contribution in [3.8, 4) is 11.1 Å². The lowest BCUT2D eigenvalue weighted by Gasteiger charge is -1.97. The van der Waals surface area contributed by atoms with Crippen molar-refractivity contribution < 1.29 is 0 Å². The summed E-state index contributed by atoms with van der Waals surface area (Å²) < 4.78 is 0. The van der Waals surface area contributed by atoms with E-state index >= 15 is 0 Å². The Bertz CT molecular complexity index is 677. The second-order valence-corrected chi connectivity index (χ2v) is 3.94. The monoisotopic (exact) mass is 176 g/mol. The minimum atomic E-state index is 1.34. The van der Waals surface area contributed by atoms with Crippen LogP contribution in [0, 0.1) is 0 Å². The second kappa shape index (κ2) is 1.98. The Balaban J connectivity index is 2.29. The molecule has 0 fully saturated rings. The summed E-state index contributed by atoms with van der Waals surface area (Å²) >= 11 is 0. The fraction of sp³-hybridized carbons (Fsp3) is 0. The SMILES string of the molecule is c1ccc2cc3c4cc-4cc3cc2c1.